The molecule has 3 aliphatic rings. The van der Waals surface area contributed by atoms with Gasteiger partial charge in [-0.25, -0.2) is 4.98 Å². The van der Waals surface area contributed by atoms with E-state index in [9.17, 15) is 9.90 Å². The second-order valence-electron chi connectivity index (χ2n) is 11.6. The van der Waals surface area contributed by atoms with Crippen LogP contribution in [0.5, 0.6) is 5.88 Å². The monoisotopic (exact) mass is 575 g/mol. The molecule has 1 fully saturated rings. The third-order valence-electron chi connectivity index (χ3n) is 7.94. The topological polar surface area (TPSA) is 75.1 Å². The molecule has 1 unspecified atom stereocenters. The fraction of sp³-hybridized carbons (Fsp3) is 0.394. The average molecular weight is 576 g/mol. The molecule has 1 aromatic heterocycles. The molecule has 0 radical (unpaired) electrons. The van der Waals surface area contributed by atoms with Crippen LogP contribution in [0.4, 0.5) is 0 Å². The average Bonchev–Trinajstić information content (AvgIpc) is 3.11. The van der Waals surface area contributed by atoms with E-state index in [2.05, 4.69) is 22.0 Å². The van der Waals surface area contributed by atoms with Gasteiger partial charge in [0.1, 0.15) is 17.5 Å². The Labute approximate surface area is 247 Å². The summed E-state index contributed by atoms with van der Waals surface area (Å²) in [7, 11) is 3.46. The molecule has 0 saturated carbocycles. The molecule has 41 heavy (non-hydrogen) atoms. The van der Waals surface area contributed by atoms with Crippen LogP contribution >= 0.6 is 11.6 Å². The molecule has 1 aliphatic carbocycles. The zero-order valence-corrected chi connectivity index (χ0v) is 24.9. The maximum Gasteiger partial charge on any atom is 0.253 e. The number of aromatic nitrogens is 1. The zero-order chi connectivity index (χ0) is 29.2. The molecule has 8 heteroatoms. The van der Waals surface area contributed by atoms with Crippen molar-refractivity contribution >= 4 is 23.1 Å². The second-order valence-corrected chi connectivity index (χ2v) is 12.0. The molecule has 7 nitrogen and oxygen atoms in total. The van der Waals surface area contributed by atoms with Crippen molar-refractivity contribution in [2.75, 3.05) is 33.7 Å². The number of likely N-dealkylation sites (tertiary alicyclic amines) is 1. The fourth-order valence-corrected chi connectivity index (χ4v) is 5.77. The SMILES string of the molecule is CN(C)C(=O)C(C)(C)OC1C=CC=C2Oc3ncccc3C(=CCCN3CCC(O)(c4ccc(Cl)cc4)CC3)C=C21. The summed E-state index contributed by atoms with van der Waals surface area (Å²) >= 11 is 6.04. The second kappa shape index (κ2) is 11.9. The van der Waals surface area contributed by atoms with Crippen LogP contribution < -0.4 is 4.74 Å². The number of hydrogen-bond acceptors (Lipinski definition) is 6. The number of pyridine rings is 1. The first kappa shape index (κ1) is 29.3. The van der Waals surface area contributed by atoms with Gasteiger partial charge in [-0.15, -0.1) is 0 Å². The Morgan fingerprint density at radius 3 is 2.68 bits per heavy atom. The van der Waals surface area contributed by atoms with Crippen LogP contribution in [0.1, 0.15) is 44.2 Å². The minimum Gasteiger partial charge on any atom is -0.438 e. The van der Waals surface area contributed by atoms with Crippen molar-refractivity contribution in [1.29, 1.82) is 0 Å². The highest BCUT2D eigenvalue weighted by Crippen LogP contribution is 2.38. The van der Waals surface area contributed by atoms with Gasteiger partial charge >= 0.3 is 0 Å². The van der Waals surface area contributed by atoms with Crippen LogP contribution in [0.15, 0.2) is 84.3 Å². The van der Waals surface area contributed by atoms with E-state index in [4.69, 9.17) is 21.1 Å². The van der Waals surface area contributed by atoms with Gasteiger partial charge in [-0.1, -0.05) is 42.0 Å². The largest absolute Gasteiger partial charge is 0.438 e. The standard InChI is InChI=1S/C33H38ClN3O4/c1-32(2,31(38)36(3)4)41-29-11-5-10-28-27(29)22-23(26-9-6-18-35-30(26)40-28)8-7-19-37-20-16-33(39,17-21-37)24-12-14-25(34)15-13-24/h5-6,8-15,18,22,29,39H,7,16-17,19-21H2,1-4H3. The molecule has 2 aromatic rings. The lowest BCUT2D eigenvalue weighted by atomic mass is 9.84. The van der Waals surface area contributed by atoms with Gasteiger partial charge in [0.2, 0.25) is 5.88 Å². The number of aliphatic hydroxyl groups is 1. The summed E-state index contributed by atoms with van der Waals surface area (Å²) in [5.41, 5.74) is 1.85. The first-order chi connectivity index (χ1) is 19.6. The third kappa shape index (κ3) is 6.49. The van der Waals surface area contributed by atoms with Gasteiger partial charge in [-0.05, 0) is 80.7 Å². The van der Waals surface area contributed by atoms with Crippen molar-refractivity contribution in [3.05, 3.63) is 100 Å². The summed E-state index contributed by atoms with van der Waals surface area (Å²) in [5.74, 6) is 1.09. The Morgan fingerprint density at radius 2 is 1.98 bits per heavy atom. The van der Waals surface area contributed by atoms with E-state index in [1.807, 2.05) is 54.6 Å². The number of amides is 1. The number of halogens is 1. The molecule has 216 valence electrons. The van der Waals surface area contributed by atoms with Crippen LogP contribution in [0.25, 0.3) is 5.57 Å². The van der Waals surface area contributed by atoms with Gasteiger partial charge < -0.3 is 24.4 Å². The minimum atomic E-state index is -1.02. The van der Waals surface area contributed by atoms with E-state index in [0.29, 0.717) is 29.5 Å². The number of nitrogens with zero attached hydrogens (tertiary/aromatic N) is 3. The summed E-state index contributed by atoms with van der Waals surface area (Å²) in [6, 6.07) is 11.4. The van der Waals surface area contributed by atoms with Gasteiger partial charge in [0.05, 0.1) is 5.60 Å². The predicted molar refractivity (Wildman–Crippen MR) is 161 cm³/mol. The molecule has 1 aromatic carbocycles. The van der Waals surface area contributed by atoms with Crippen molar-refractivity contribution in [1.82, 2.24) is 14.8 Å². The van der Waals surface area contributed by atoms with Crippen molar-refractivity contribution in [2.45, 2.75) is 50.4 Å². The Balaban J connectivity index is 1.32. The Bertz CT molecular complexity index is 1400. The van der Waals surface area contributed by atoms with Crippen molar-refractivity contribution < 1.29 is 19.4 Å². The number of rotatable bonds is 7. The van der Waals surface area contributed by atoms with Gasteiger partial charge in [-0.3, -0.25) is 4.79 Å². The number of hydrogen-bond donors (Lipinski definition) is 1. The summed E-state index contributed by atoms with van der Waals surface area (Å²) in [6.07, 6.45) is 13.5. The van der Waals surface area contributed by atoms with Crippen LogP contribution in [0, 0.1) is 0 Å². The maximum atomic E-state index is 12.8. The highest BCUT2D eigenvalue weighted by Gasteiger charge is 2.36. The number of allylic oxidation sites excluding steroid dienone is 4. The Kier molecular flexibility index (Phi) is 8.52. The Hall–Kier alpha value is -3.23. The lowest BCUT2D eigenvalue weighted by Gasteiger charge is -2.38. The number of benzene rings is 1. The summed E-state index contributed by atoms with van der Waals surface area (Å²) in [4.78, 5) is 21.2. The molecule has 1 N–H and O–H groups in total. The quantitative estimate of drug-likeness (QED) is 0.469. The van der Waals surface area contributed by atoms with E-state index in [-0.39, 0.29) is 5.91 Å². The van der Waals surface area contributed by atoms with Gasteiger partial charge in [0.25, 0.3) is 5.91 Å². The van der Waals surface area contributed by atoms with Gasteiger partial charge in [0, 0.05) is 56.1 Å². The molecule has 3 heterocycles. The van der Waals surface area contributed by atoms with Crippen molar-refractivity contribution in [2.24, 2.45) is 0 Å². The van der Waals surface area contributed by atoms with Crippen molar-refractivity contribution in [3.63, 3.8) is 0 Å². The fourth-order valence-electron chi connectivity index (χ4n) is 5.65. The highest BCUT2D eigenvalue weighted by molar-refractivity contribution is 6.30. The summed E-state index contributed by atoms with van der Waals surface area (Å²) in [5, 5.41) is 11.9. The van der Waals surface area contributed by atoms with E-state index in [0.717, 1.165) is 48.3 Å². The van der Waals surface area contributed by atoms with Crippen LogP contribution in [-0.4, -0.2) is 71.2 Å². The van der Waals surface area contributed by atoms with E-state index in [1.165, 1.54) is 0 Å². The number of carbonyl (C=O) groups is 1. The highest BCUT2D eigenvalue weighted by atomic mass is 35.5. The first-order valence-corrected chi connectivity index (χ1v) is 14.5. The Morgan fingerprint density at radius 1 is 1.24 bits per heavy atom. The van der Waals surface area contributed by atoms with Gasteiger partial charge in [0.15, 0.2) is 0 Å². The number of carbonyl (C=O) groups excluding carboxylic acids is 1. The molecule has 1 amide bonds. The van der Waals surface area contributed by atoms with Crippen LogP contribution in [0.2, 0.25) is 5.02 Å². The first-order valence-electron chi connectivity index (χ1n) is 14.1. The maximum absolute atomic E-state index is 12.8. The normalized spacial score (nSPS) is 21.2. The lowest BCUT2D eigenvalue weighted by Crippen LogP contribution is -2.46. The molecular weight excluding hydrogens is 538 g/mol. The van der Waals surface area contributed by atoms with Crippen molar-refractivity contribution in [3.8, 4) is 5.88 Å². The number of piperidine rings is 1. The molecule has 2 aliphatic heterocycles. The molecule has 0 bridgehead atoms. The molecule has 1 atom stereocenters. The molecule has 5 rings (SSSR count). The van der Waals surface area contributed by atoms with E-state index in [1.54, 1.807) is 39.0 Å². The molecular formula is C33H38ClN3O4. The molecule has 1 saturated heterocycles. The third-order valence-corrected chi connectivity index (χ3v) is 8.19. The predicted octanol–water partition coefficient (Wildman–Crippen LogP) is 5.52. The lowest BCUT2D eigenvalue weighted by molar-refractivity contribution is -0.153. The zero-order valence-electron chi connectivity index (χ0n) is 24.1. The smallest absolute Gasteiger partial charge is 0.253 e. The van der Waals surface area contributed by atoms with Crippen LogP contribution in [-0.2, 0) is 15.1 Å². The summed E-state index contributed by atoms with van der Waals surface area (Å²) < 4.78 is 12.7. The number of ether oxygens (including phenoxy) is 2. The van der Waals surface area contributed by atoms with Gasteiger partial charge in [-0.2, -0.15) is 0 Å². The minimum absolute atomic E-state index is 0.109. The number of likely N-dealkylation sites (N-methyl/N-ethyl adjacent to an activating group) is 1. The number of fused-ring (bicyclic) bond motifs is 2. The molecule has 0 spiro atoms. The summed E-state index contributed by atoms with van der Waals surface area (Å²) in [6.45, 7) is 6.07. The van der Waals surface area contributed by atoms with Crippen LogP contribution in [0.3, 0.4) is 0 Å². The van der Waals surface area contributed by atoms with E-state index < -0.39 is 17.3 Å². The van der Waals surface area contributed by atoms with E-state index >= 15 is 0 Å².